The second-order valence-corrected chi connectivity index (χ2v) is 4.43. The van der Waals surface area contributed by atoms with Crippen molar-refractivity contribution in [3.05, 3.63) is 12.3 Å². The van der Waals surface area contributed by atoms with Crippen LogP contribution < -0.4 is 25.0 Å². The summed E-state index contributed by atoms with van der Waals surface area (Å²) in [6.45, 7) is 3.71. The van der Waals surface area contributed by atoms with Crippen LogP contribution in [-0.4, -0.2) is 10.2 Å². The summed E-state index contributed by atoms with van der Waals surface area (Å²) in [4.78, 5) is 10.1. The van der Waals surface area contributed by atoms with Crippen LogP contribution in [0.4, 0.5) is 0 Å². The number of alkyl halides is 1. The molecular formula is C5H7INO+. The van der Waals surface area contributed by atoms with Crippen LogP contribution in [0.2, 0.25) is 0 Å². The lowest BCUT2D eigenvalue weighted by molar-refractivity contribution is -0.706. The van der Waals surface area contributed by atoms with E-state index in [1.807, 2.05) is 0 Å². The Morgan fingerprint density at radius 1 is 2.00 bits per heavy atom. The van der Waals surface area contributed by atoms with E-state index in [0.29, 0.717) is 3.92 Å². The van der Waals surface area contributed by atoms with E-state index in [0.717, 1.165) is 18.4 Å². The van der Waals surface area contributed by atoms with Gasteiger partial charge in [0.2, 0.25) is 3.92 Å². The number of hydrogen-bond donors (Lipinski definition) is 1. The lowest BCUT2D eigenvalue weighted by Gasteiger charge is -1.77. The number of aldehydes is 1. The molecule has 0 aliphatic carbocycles. The van der Waals surface area contributed by atoms with Crippen LogP contribution in [0, 0.1) is 0 Å². The van der Waals surface area contributed by atoms with Crippen molar-refractivity contribution in [2.24, 2.45) is 0 Å². The van der Waals surface area contributed by atoms with Crippen LogP contribution >= 0.6 is 0 Å². The van der Waals surface area contributed by atoms with Gasteiger partial charge in [0.25, 0.3) is 0 Å². The Bertz CT molecular complexity index is 124. The van der Waals surface area contributed by atoms with E-state index in [4.69, 9.17) is 0 Å². The first-order valence-electron chi connectivity index (χ1n) is 2.34. The fourth-order valence-corrected chi connectivity index (χ4v) is 2.49. The molecule has 1 rings (SSSR count). The summed E-state index contributed by atoms with van der Waals surface area (Å²) in [6, 6.07) is 0. The molecule has 0 saturated carbocycles. The Morgan fingerprint density at radius 3 is 3.00 bits per heavy atom. The van der Waals surface area contributed by atoms with Crippen LogP contribution in [-0.2, 0) is 4.79 Å². The molecule has 0 aromatic rings. The van der Waals surface area contributed by atoms with Gasteiger partial charge in [-0.2, -0.15) is 3.53 Å². The van der Waals surface area contributed by atoms with E-state index >= 15 is 0 Å². The lowest BCUT2D eigenvalue weighted by Crippen LogP contribution is -3.69. The summed E-state index contributed by atoms with van der Waals surface area (Å²) in [6.07, 6.45) is 1.90. The Hall–Kier alpha value is -0.0600. The smallest absolute Gasteiger partial charge is 0.298 e. The molecule has 1 atom stereocenters. The molecule has 1 aliphatic rings. The predicted molar refractivity (Wildman–Crippen MR) is 26.7 cm³/mol. The SMILES string of the molecule is C=C1C[C@H](C=O)[I+]N1. The summed E-state index contributed by atoms with van der Waals surface area (Å²) >= 11 is -0.0816. The first-order chi connectivity index (χ1) is 3.83. The Balaban J connectivity index is 2.43. The van der Waals surface area contributed by atoms with Crippen LogP contribution in [0.1, 0.15) is 6.42 Å². The third-order valence-electron chi connectivity index (χ3n) is 0.917. The second kappa shape index (κ2) is 2.48. The van der Waals surface area contributed by atoms with Gasteiger partial charge in [-0.15, -0.1) is 0 Å². The predicted octanol–water partition coefficient (Wildman–Crippen LogP) is -2.94. The molecule has 0 amide bonds. The number of rotatable bonds is 1. The van der Waals surface area contributed by atoms with Gasteiger partial charge in [0.1, 0.15) is 0 Å². The summed E-state index contributed by atoms with van der Waals surface area (Å²) < 4.78 is 3.40. The molecule has 2 nitrogen and oxygen atoms in total. The van der Waals surface area contributed by atoms with Crippen molar-refractivity contribution in [1.29, 1.82) is 0 Å². The molecule has 8 heavy (non-hydrogen) atoms. The second-order valence-electron chi connectivity index (χ2n) is 1.66. The van der Waals surface area contributed by atoms with E-state index in [1.54, 1.807) is 0 Å². The normalized spacial score (nSPS) is 27.5. The Labute approximate surface area is 59.0 Å². The maximum Gasteiger partial charge on any atom is 0.429 e. The highest BCUT2D eigenvalue weighted by atomic mass is 127. The lowest BCUT2D eigenvalue weighted by atomic mass is 10.3. The molecular weight excluding hydrogens is 217 g/mol. The van der Waals surface area contributed by atoms with Gasteiger partial charge in [-0.05, 0) is 0 Å². The molecule has 1 N–H and O–H groups in total. The van der Waals surface area contributed by atoms with E-state index in [1.165, 1.54) is 0 Å². The number of nitrogens with one attached hydrogen (secondary N) is 1. The van der Waals surface area contributed by atoms with Gasteiger partial charge in [-0.25, -0.2) is 0 Å². The molecule has 0 unspecified atom stereocenters. The van der Waals surface area contributed by atoms with E-state index in [9.17, 15) is 4.79 Å². The highest BCUT2D eigenvalue weighted by Crippen LogP contribution is 1.92. The van der Waals surface area contributed by atoms with E-state index in [-0.39, 0.29) is 21.5 Å². The van der Waals surface area contributed by atoms with Crippen LogP contribution in [0.15, 0.2) is 12.3 Å². The van der Waals surface area contributed by atoms with Gasteiger partial charge in [-0.3, -0.25) is 4.79 Å². The van der Waals surface area contributed by atoms with E-state index < -0.39 is 0 Å². The van der Waals surface area contributed by atoms with Crippen molar-refractivity contribution < 1.29 is 26.3 Å². The average Bonchev–Trinajstić information content (AvgIpc) is 2.14. The number of carbonyl (C=O) groups is 1. The van der Waals surface area contributed by atoms with Crippen LogP contribution in [0.3, 0.4) is 0 Å². The minimum atomic E-state index is -0.0816. The Morgan fingerprint density at radius 2 is 2.75 bits per heavy atom. The molecule has 1 heterocycles. The highest BCUT2D eigenvalue weighted by molar-refractivity contribution is 5.56. The topological polar surface area (TPSA) is 29.1 Å². The van der Waals surface area contributed by atoms with Crippen molar-refractivity contribution >= 4 is 6.29 Å². The van der Waals surface area contributed by atoms with Crippen molar-refractivity contribution in [2.75, 3.05) is 0 Å². The zero-order valence-electron chi connectivity index (χ0n) is 4.36. The standard InChI is InChI=1S/C5H7INO/c1-4-2-5(3-8)6-7-4/h3,5,7H,1-2H2/q+1/t5-/m1/s1. The largest absolute Gasteiger partial charge is 0.429 e. The third-order valence-corrected chi connectivity index (χ3v) is 3.53. The zero-order chi connectivity index (χ0) is 5.98. The van der Waals surface area contributed by atoms with Crippen molar-refractivity contribution in [3.63, 3.8) is 0 Å². The summed E-state index contributed by atoms with van der Waals surface area (Å²) in [5.74, 6) is 0. The molecule has 1 aliphatic heterocycles. The fraction of sp³-hybridized carbons (Fsp3) is 0.400. The first kappa shape index (κ1) is 6.07. The fourth-order valence-electron chi connectivity index (χ4n) is 0.534. The minimum Gasteiger partial charge on any atom is -0.298 e. The van der Waals surface area contributed by atoms with Gasteiger partial charge in [0.15, 0.2) is 6.29 Å². The Kier molecular flexibility index (Phi) is 1.88. The van der Waals surface area contributed by atoms with Crippen molar-refractivity contribution in [1.82, 2.24) is 3.53 Å². The van der Waals surface area contributed by atoms with Gasteiger partial charge < -0.3 is 0 Å². The average molecular weight is 224 g/mol. The summed E-state index contributed by atoms with van der Waals surface area (Å²) in [5, 5.41) is 0. The van der Waals surface area contributed by atoms with Crippen LogP contribution in [0.5, 0.6) is 0 Å². The molecule has 0 bridgehead atoms. The maximum absolute atomic E-state index is 10.1. The van der Waals surface area contributed by atoms with Gasteiger partial charge in [0, 0.05) is 6.42 Å². The molecule has 1 saturated heterocycles. The summed E-state index contributed by atoms with van der Waals surface area (Å²) in [7, 11) is 0. The van der Waals surface area contributed by atoms with Gasteiger partial charge in [-0.1, -0.05) is 6.58 Å². The maximum atomic E-state index is 10.1. The molecule has 0 aromatic heterocycles. The molecule has 0 radical (unpaired) electrons. The zero-order valence-corrected chi connectivity index (χ0v) is 6.51. The summed E-state index contributed by atoms with van der Waals surface area (Å²) in [5.41, 5.74) is 1.04. The number of hydrogen-bond acceptors (Lipinski definition) is 2. The number of halogens is 1. The van der Waals surface area contributed by atoms with Crippen LogP contribution in [0.25, 0.3) is 0 Å². The van der Waals surface area contributed by atoms with Gasteiger partial charge in [0.05, 0.1) is 5.70 Å². The van der Waals surface area contributed by atoms with E-state index in [2.05, 4.69) is 10.1 Å². The molecule has 0 spiro atoms. The number of allylic oxidation sites excluding steroid dienone is 1. The molecule has 1 fully saturated rings. The quantitative estimate of drug-likeness (QED) is 0.223. The first-order valence-corrected chi connectivity index (χ1v) is 4.67. The van der Waals surface area contributed by atoms with Crippen molar-refractivity contribution in [2.45, 2.75) is 10.3 Å². The highest BCUT2D eigenvalue weighted by Gasteiger charge is 2.32. The molecule has 44 valence electrons. The third kappa shape index (κ3) is 1.21. The number of carbonyl (C=O) groups excluding carboxylic acids is 1. The van der Waals surface area contributed by atoms with Crippen molar-refractivity contribution in [3.8, 4) is 0 Å². The van der Waals surface area contributed by atoms with Gasteiger partial charge >= 0.3 is 21.5 Å². The minimum absolute atomic E-state index is 0.0816. The molecule has 0 aromatic carbocycles. The monoisotopic (exact) mass is 224 g/mol. The molecule has 3 heteroatoms.